The van der Waals surface area contributed by atoms with Gasteiger partial charge in [0.25, 0.3) is 0 Å². The summed E-state index contributed by atoms with van der Waals surface area (Å²) in [5, 5.41) is 0.733. The minimum Gasteiger partial charge on any atom is -0.423 e. The van der Waals surface area contributed by atoms with E-state index < -0.39 is 21.6 Å². The van der Waals surface area contributed by atoms with Crippen LogP contribution in [-0.2, 0) is 10.0 Å². The Morgan fingerprint density at radius 2 is 1.79 bits per heavy atom. The van der Waals surface area contributed by atoms with Crippen LogP contribution in [0.2, 0.25) is 0 Å². The van der Waals surface area contributed by atoms with Gasteiger partial charge in [0.1, 0.15) is 11.3 Å². The third kappa shape index (κ3) is 4.23. The number of rotatable bonds is 6. The van der Waals surface area contributed by atoms with Crippen molar-refractivity contribution in [2.45, 2.75) is 25.7 Å². The van der Waals surface area contributed by atoms with Crippen LogP contribution in [0.3, 0.4) is 0 Å². The number of carbonyl (C=O) groups is 1. The summed E-state index contributed by atoms with van der Waals surface area (Å²) in [4.78, 5) is 24.1. The highest BCUT2D eigenvalue weighted by atomic mass is 32.2. The lowest BCUT2D eigenvalue weighted by Crippen LogP contribution is -2.30. The fourth-order valence-corrected chi connectivity index (χ4v) is 4.54. The van der Waals surface area contributed by atoms with E-state index in [2.05, 4.69) is 0 Å². The summed E-state index contributed by atoms with van der Waals surface area (Å²) in [7, 11) is -3.69. The SMILES string of the molecule is CCN(CC)S(=O)(=O)c1cccc(C(=O)Oc2ccc3c(C)cc(=O)oc3c2)c1. The second kappa shape index (κ2) is 8.18. The zero-order valence-corrected chi connectivity index (χ0v) is 17.2. The molecule has 3 rings (SSSR count). The Bertz CT molecular complexity index is 1230. The van der Waals surface area contributed by atoms with E-state index >= 15 is 0 Å². The van der Waals surface area contributed by atoms with Crippen LogP contribution in [0, 0.1) is 6.92 Å². The van der Waals surface area contributed by atoms with Crippen LogP contribution >= 0.6 is 0 Å². The molecule has 0 aliphatic heterocycles. The van der Waals surface area contributed by atoms with Gasteiger partial charge in [0.15, 0.2) is 0 Å². The second-order valence-corrected chi connectivity index (χ2v) is 8.35. The first-order chi connectivity index (χ1) is 13.8. The standard InChI is InChI=1S/C21H21NO6S/c1-4-22(5-2)29(25,26)17-8-6-7-15(12-17)21(24)27-16-9-10-18-14(3)11-20(23)28-19(18)13-16/h6-13H,4-5H2,1-3H3. The van der Waals surface area contributed by atoms with E-state index in [-0.39, 0.29) is 16.2 Å². The molecule has 0 spiro atoms. The third-order valence-corrected chi connectivity index (χ3v) is 6.59. The largest absolute Gasteiger partial charge is 0.423 e. The average molecular weight is 415 g/mol. The van der Waals surface area contributed by atoms with Gasteiger partial charge in [-0.1, -0.05) is 19.9 Å². The number of carbonyl (C=O) groups excluding carboxylic acids is 1. The number of sulfonamides is 1. The zero-order chi connectivity index (χ0) is 21.2. The highest BCUT2D eigenvalue weighted by molar-refractivity contribution is 7.89. The lowest BCUT2D eigenvalue weighted by atomic mass is 10.1. The Labute approximate surface area is 168 Å². The molecule has 29 heavy (non-hydrogen) atoms. The van der Waals surface area contributed by atoms with Gasteiger partial charge in [-0.05, 0) is 42.8 Å². The lowest BCUT2D eigenvalue weighted by Gasteiger charge is -2.18. The molecule has 0 unspecified atom stereocenters. The Hall–Kier alpha value is -2.97. The molecule has 0 aliphatic rings. The maximum Gasteiger partial charge on any atom is 0.343 e. The van der Waals surface area contributed by atoms with Crippen LogP contribution in [0.4, 0.5) is 0 Å². The van der Waals surface area contributed by atoms with Gasteiger partial charge in [0.2, 0.25) is 10.0 Å². The maximum atomic E-state index is 12.7. The molecule has 0 amide bonds. The highest BCUT2D eigenvalue weighted by Gasteiger charge is 2.23. The van der Waals surface area contributed by atoms with Crippen LogP contribution in [0.25, 0.3) is 11.0 Å². The third-order valence-electron chi connectivity index (χ3n) is 4.55. The molecule has 0 aliphatic carbocycles. The average Bonchev–Trinajstić information content (AvgIpc) is 2.68. The Kier molecular flexibility index (Phi) is 5.86. The molecular formula is C21H21NO6S. The molecule has 0 fully saturated rings. The molecule has 8 heteroatoms. The van der Waals surface area contributed by atoms with Gasteiger partial charge >= 0.3 is 11.6 Å². The fraction of sp³-hybridized carbons (Fsp3) is 0.238. The minimum absolute atomic E-state index is 0.0239. The number of fused-ring (bicyclic) bond motifs is 1. The number of hydrogen-bond donors (Lipinski definition) is 0. The van der Waals surface area contributed by atoms with Crippen molar-refractivity contribution in [3.8, 4) is 5.75 Å². The lowest BCUT2D eigenvalue weighted by molar-refractivity contribution is 0.0734. The Morgan fingerprint density at radius 1 is 1.07 bits per heavy atom. The molecule has 0 saturated carbocycles. The van der Waals surface area contributed by atoms with Gasteiger partial charge in [-0.3, -0.25) is 0 Å². The molecule has 0 radical (unpaired) electrons. The molecule has 1 aromatic heterocycles. The number of ether oxygens (including phenoxy) is 1. The van der Waals surface area contributed by atoms with E-state index in [1.165, 1.54) is 40.7 Å². The van der Waals surface area contributed by atoms with E-state index in [1.54, 1.807) is 32.9 Å². The maximum absolute atomic E-state index is 12.7. The summed E-state index contributed by atoms with van der Waals surface area (Å²) in [5.41, 5.74) is 0.665. The summed E-state index contributed by atoms with van der Waals surface area (Å²) in [5.74, 6) is -0.524. The van der Waals surface area contributed by atoms with Crippen LogP contribution in [-0.4, -0.2) is 31.8 Å². The van der Waals surface area contributed by atoms with E-state index in [0.29, 0.717) is 18.7 Å². The van der Waals surface area contributed by atoms with Gasteiger partial charge in [-0.2, -0.15) is 4.31 Å². The normalized spacial score (nSPS) is 11.7. The molecule has 0 atom stereocenters. The van der Waals surface area contributed by atoms with Crippen LogP contribution < -0.4 is 10.4 Å². The van der Waals surface area contributed by atoms with Gasteiger partial charge in [0.05, 0.1) is 10.5 Å². The van der Waals surface area contributed by atoms with Crippen molar-refractivity contribution in [3.05, 3.63) is 70.1 Å². The topological polar surface area (TPSA) is 93.9 Å². The smallest absolute Gasteiger partial charge is 0.343 e. The van der Waals surface area contributed by atoms with Crippen molar-refractivity contribution in [1.82, 2.24) is 4.31 Å². The summed E-state index contributed by atoms with van der Waals surface area (Å²) in [6, 6.07) is 11.8. The predicted molar refractivity (Wildman–Crippen MR) is 109 cm³/mol. The van der Waals surface area contributed by atoms with Crippen LogP contribution in [0.1, 0.15) is 29.8 Å². The number of aryl methyl sites for hydroxylation is 1. The first-order valence-electron chi connectivity index (χ1n) is 9.13. The molecule has 7 nitrogen and oxygen atoms in total. The van der Waals surface area contributed by atoms with Gasteiger partial charge in [-0.25, -0.2) is 18.0 Å². The quantitative estimate of drug-likeness (QED) is 0.348. The second-order valence-electron chi connectivity index (χ2n) is 6.41. The van der Waals surface area contributed by atoms with E-state index in [0.717, 1.165) is 10.9 Å². The molecule has 1 heterocycles. The van der Waals surface area contributed by atoms with Crippen molar-refractivity contribution in [2.24, 2.45) is 0 Å². The summed E-state index contributed by atoms with van der Waals surface area (Å²) >= 11 is 0. The molecular weight excluding hydrogens is 394 g/mol. The van der Waals surface area contributed by atoms with E-state index in [4.69, 9.17) is 9.15 Å². The molecule has 152 valence electrons. The molecule has 2 aromatic carbocycles. The van der Waals surface area contributed by atoms with E-state index in [1.807, 2.05) is 0 Å². The Morgan fingerprint density at radius 3 is 2.48 bits per heavy atom. The van der Waals surface area contributed by atoms with Crippen molar-refractivity contribution in [1.29, 1.82) is 0 Å². The molecule has 3 aromatic rings. The van der Waals surface area contributed by atoms with Crippen LogP contribution in [0.5, 0.6) is 5.75 Å². The molecule has 0 N–H and O–H groups in total. The monoisotopic (exact) mass is 415 g/mol. The number of hydrogen-bond acceptors (Lipinski definition) is 6. The fourth-order valence-electron chi connectivity index (χ4n) is 3.03. The summed E-state index contributed by atoms with van der Waals surface area (Å²) in [6.45, 7) is 5.94. The van der Waals surface area contributed by atoms with Crippen LogP contribution in [0.15, 0.2) is 62.6 Å². The first-order valence-corrected chi connectivity index (χ1v) is 10.6. The molecule has 0 bridgehead atoms. The summed E-state index contributed by atoms with van der Waals surface area (Å²) < 4.78 is 37.2. The van der Waals surface area contributed by atoms with Crippen molar-refractivity contribution in [2.75, 3.05) is 13.1 Å². The molecule has 0 saturated heterocycles. The Balaban J connectivity index is 1.90. The highest BCUT2D eigenvalue weighted by Crippen LogP contribution is 2.23. The van der Waals surface area contributed by atoms with Gasteiger partial charge in [0, 0.05) is 30.6 Å². The first kappa shape index (κ1) is 20.8. The van der Waals surface area contributed by atoms with Gasteiger partial charge in [-0.15, -0.1) is 0 Å². The zero-order valence-electron chi connectivity index (χ0n) is 16.3. The number of esters is 1. The van der Waals surface area contributed by atoms with E-state index in [9.17, 15) is 18.0 Å². The minimum atomic E-state index is -3.69. The summed E-state index contributed by atoms with van der Waals surface area (Å²) in [6.07, 6.45) is 0. The van der Waals surface area contributed by atoms with Crippen molar-refractivity contribution >= 4 is 27.0 Å². The van der Waals surface area contributed by atoms with Crippen molar-refractivity contribution in [3.63, 3.8) is 0 Å². The number of benzene rings is 2. The van der Waals surface area contributed by atoms with Crippen molar-refractivity contribution < 1.29 is 22.4 Å². The number of nitrogens with zero attached hydrogens (tertiary/aromatic N) is 1. The van der Waals surface area contributed by atoms with Gasteiger partial charge < -0.3 is 9.15 Å². The predicted octanol–water partition coefficient (Wildman–Crippen LogP) is 3.35.